The van der Waals surface area contributed by atoms with Crippen LogP contribution in [-0.2, 0) is 0 Å². The van der Waals surface area contributed by atoms with Crippen LogP contribution < -0.4 is 14.9 Å². The zero-order valence-electron chi connectivity index (χ0n) is 9.54. The Labute approximate surface area is 102 Å². The normalized spacial score (nSPS) is 11.3. The minimum Gasteiger partial charge on any atom is -0.626 e. The van der Waals surface area contributed by atoms with Crippen molar-refractivity contribution in [1.29, 1.82) is 0 Å². The third kappa shape index (κ3) is 3.16. The number of ether oxygens (including phenoxy) is 1. The molecule has 2 aromatic carbocycles. The van der Waals surface area contributed by atoms with E-state index in [2.05, 4.69) is 0 Å². The van der Waals surface area contributed by atoms with Gasteiger partial charge in [-0.25, -0.2) is 0 Å². The molecule has 0 aliphatic carbocycles. The smallest absolute Gasteiger partial charge is 0.145 e. The van der Waals surface area contributed by atoms with Crippen LogP contribution >= 0.6 is 7.77 Å². The summed E-state index contributed by atoms with van der Waals surface area (Å²) in [7, 11) is 0.116. The monoisotopic (exact) mass is 244 g/mol. The summed E-state index contributed by atoms with van der Waals surface area (Å²) in [6, 6.07) is 17.0. The molecule has 0 bridgehead atoms. The van der Waals surface area contributed by atoms with E-state index in [0.717, 1.165) is 16.6 Å². The van der Waals surface area contributed by atoms with E-state index >= 15 is 0 Å². The fourth-order valence-electron chi connectivity index (χ4n) is 1.48. The molecule has 0 heterocycles. The van der Waals surface area contributed by atoms with Gasteiger partial charge in [0.2, 0.25) is 0 Å². The van der Waals surface area contributed by atoms with Crippen LogP contribution in [0.15, 0.2) is 54.6 Å². The van der Waals surface area contributed by atoms with Crippen LogP contribution in [0.3, 0.4) is 0 Å². The first-order valence-electron chi connectivity index (χ1n) is 5.30. The SMILES string of the molecule is COc1ccc([P+]([O-])=Cc2ccccc2)cc1. The average molecular weight is 244 g/mol. The van der Waals surface area contributed by atoms with Crippen molar-refractivity contribution in [2.24, 2.45) is 0 Å². The maximum atomic E-state index is 12.1. The lowest BCUT2D eigenvalue weighted by atomic mass is 10.2. The van der Waals surface area contributed by atoms with Gasteiger partial charge < -0.3 is 9.63 Å². The van der Waals surface area contributed by atoms with Crippen LogP contribution in [0.1, 0.15) is 5.56 Å². The fourth-order valence-corrected chi connectivity index (χ4v) is 2.51. The van der Waals surface area contributed by atoms with Gasteiger partial charge in [0.25, 0.3) is 0 Å². The molecule has 0 fully saturated rings. The lowest BCUT2D eigenvalue weighted by Crippen LogP contribution is -2.06. The first-order chi connectivity index (χ1) is 8.29. The molecule has 0 radical (unpaired) electrons. The van der Waals surface area contributed by atoms with Gasteiger partial charge >= 0.3 is 0 Å². The van der Waals surface area contributed by atoms with E-state index in [1.807, 2.05) is 54.6 Å². The van der Waals surface area contributed by atoms with Gasteiger partial charge in [0.05, 0.1) is 14.9 Å². The summed E-state index contributed by atoms with van der Waals surface area (Å²) < 4.78 is 5.06. The van der Waals surface area contributed by atoms with Crippen LogP contribution in [0.4, 0.5) is 0 Å². The van der Waals surface area contributed by atoms with Gasteiger partial charge in [0.1, 0.15) is 16.9 Å². The molecular formula is C14H13O2P. The zero-order chi connectivity index (χ0) is 12.1. The number of benzene rings is 2. The number of hydrogen-bond acceptors (Lipinski definition) is 2. The van der Waals surface area contributed by atoms with Crippen LogP contribution in [0, 0.1) is 0 Å². The maximum Gasteiger partial charge on any atom is 0.145 e. The lowest BCUT2D eigenvalue weighted by Gasteiger charge is -2.01. The van der Waals surface area contributed by atoms with Crippen molar-refractivity contribution >= 4 is 18.9 Å². The van der Waals surface area contributed by atoms with E-state index in [-0.39, 0.29) is 0 Å². The van der Waals surface area contributed by atoms with Crippen molar-refractivity contribution in [1.82, 2.24) is 0 Å². The molecule has 0 aromatic heterocycles. The topological polar surface area (TPSA) is 32.3 Å². The Morgan fingerprint density at radius 3 is 2.24 bits per heavy atom. The second-order valence-electron chi connectivity index (χ2n) is 3.56. The third-order valence-electron chi connectivity index (χ3n) is 2.39. The molecule has 3 heteroatoms. The number of hydrogen-bond donors (Lipinski definition) is 0. The Morgan fingerprint density at radius 1 is 1.00 bits per heavy atom. The van der Waals surface area contributed by atoms with E-state index < -0.39 is 7.77 Å². The van der Waals surface area contributed by atoms with Crippen molar-refractivity contribution in [3.8, 4) is 5.75 Å². The fraction of sp³-hybridized carbons (Fsp3) is 0.0714. The minimum atomic E-state index is -1.50. The molecule has 0 aliphatic rings. The van der Waals surface area contributed by atoms with E-state index in [1.54, 1.807) is 12.9 Å². The summed E-state index contributed by atoms with van der Waals surface area (Å²) in [5, 5.41) is 0.810. The molecule has 2 aromatic rings. The molecule has 2 rings (SSSR count). The molecular weight excluding hydrogens is 231 g/mol. The highest BCUT2D eigenvalue weighted by Gasteiger charge is 2.03. The second kappa shape index (κ2) is 5.62. The Bertz CT molecular complexity index is 504. The van der Waals surface area contributed by atoms with Gasteiger partial charge in [-0.15, -0.1) is 0 Å². The summed E-state index contributed by atoms with van der Waals surface area (Å²) in [5.41, 5.74) is 0.976. The van der Waals surface area contributed by atoms with Gasteiger partial charge in [-0.1, -0.05) is 30.3 Å². The van der Waals surface area contributed by atoms with Gasteiger partial charge in [-0.05, 0) is 24.3 Å². The minimum absolute atomic E-state index is 0.775. The molecule has 0 N–H and O–H groups in total. The van der Waals surface area contributed by atoms with E-state index in [4.69, 9.17) is 4.74 Å². The summed E-state index contributed by atoms with van der Waals surface area (Å²) in [5.74, 6) is 2.55. The molecule has 2 nitrogen and oxygen atoms in total. The quantitative estimate of drug-likeness (QED) is 0.773. The predicted octanol–water partition coefficient (Wildman–Crippen LogP) is 1.93. The van der Waals surface area contributed by atoms with Gasteiger partial charge in [-0.3, -0.25) is 0 Å². The van der Waals surface area contributed by atoms with Crippen LogP contribution in [0.25, 0.3) is 0 Å². The van der Waals surface area contributed by atoms with E-state index in [9.17, 15) is 4.89 Å². The third-order valence-corrected chi connectivity index (χ3v) is 3.73. The van der Waals surface area contributed by atoms with Gasteiger partial charge in [-0.2, -0.15) is 0 Å². The zero-order valence-corrected chi connectivity index (χ0v) is 10.4. The lowest BCUT2D eigenvalue weighted by molar-refractivity contribution is -0.149. The Kier molecular flexibility index (Phi) is 3.92. The molecule has 1 atom stereocenters. The van der Waals surface area contributed by atoms with Crippen molar-refractivity contribution in [2.45, 2.75) is 0 Å². The summed E-state index contributed by atoms with van der Waals surface area (Å²) in [4.78, 5) is 12.1. The summed E-state index contributed by atoms with van der Waals surface area (Å²) in [6.07, 6.45) is 0. The van der Waals surface area contributed by atoms with Crippen molar-refractivity contribution in [2.75, 3.05) is 7.11 Å². The summed E-state index contributed by atoms with van der Waals surface area (Å²) >= 11 is 0. The molecule has 17 heavy (non-hydrogen) atoms. The molecule has 0 saturated heterocycles. The highest BCUT2D eigenvalue weighted by Crippen LogP contribution is 2.15. The average Bonchev–Trinajstić information content (AvgIpc) is 2.40. The van der Waals surface area contributed by atoms with Crippen molar-refractivity contribution in [3.05, 3.63) is 60.2 Å². The molecule has 0 aliphatic heterocycles. The second-order valence-corrected chi connectivity index (χ2v) is 4.99. The molecule has 0 saturated carbocycles. The largest absolute Gasteiger partial charge is 0.626 e. The molecule has 1 unspecified atom stereocenters. The Morgan fingerprint density at radius 2 is 1.65 bits per heavy atom. The first kappa shape index (κ1) is 11.8. The Balaban J connectivity index is 2.24. The van der Waals surface area contributed by atoms with Crippen LogP contribution in [-0.4, -0.2) is 12.9 Å². The summed E-state index contributed by atoms with van der Waals surface area (Å²) in [6.45, 7) is 0. The van der Waals surface area contributed by atoms with Crippen molar-refractivity contribution < 1.29 is 9.63 Å². The number of methoxy groups -OCH3 is 1. The Hall–Kier alpha value is -1.63. The number of rotatable bonds is 3. The van der Waals surface area contributed by atoms with Gasteiger partial charge in [0, 0.05) is 5.56 Å². The molecule has 86 valence electrons. The maximum absolute atomic E-state index is 12.1. The highest BCUT2D eigenvalue weighted by molar-refractivity contribution is 7.58. The highest BCUT2D eigenvalue weighted by atomic mass is 31.1. The van der Waals surface area contributed by atoms with Crippen LogP contribution in [0.2, 0.25) is 0 Å². The molecule has 0 spiro atoms. The molecule has 0 amide bonds. The predicted molar refractivity (Wildman–Crippen MR) is 71.2 cm³/mol. The van der Waals surface area contributed by atoms with Crippen molar-refractivity contribution in [3.63, 3.8) is 0 Å². The van der Waals surface area contributed by atoms with E-state index in [1.165, 1.54) is 0 Å². The van der Waals surface area contributed by atoms with E-state index in [0.29, 0.717) is 0 Å². The van der Waals surface area contributed by atoms with Crippen LogP contribution in [0.5, 0.6) is 5.75 Å². The van der Waals surface area contributed by atoms with Gasteiger partial charge in [0.15, 0.2) is 0 Å². The first-order valence-corrected chi connectivity index (χ1v) is 6.63. The standard InChI is InChI=1S/C14H13O2P/c1-16-13-7-9-14(10-8-13)17(15)11-12-5-3-2-4-6-12/h2-11H,1H3.